The maximum atomic E-state index is 11.3. The predicted molar refractivity (Wildman–Crippen MR) is 49.5 cm³/mol. The first-order valence-corrected chi connectivity index (χ1v) is 4.32. The van der Waals surface area contributed by atoms with Gasteiger partial charge in [0.05, 0.1) is 13.0 Å². The van der Waals surface area contributed by atoms with Crippen LogP contribution >= 0.6 is 0 Å². The number of carboxylic acid groups (broad SMARTS) is 1. The minimum Gasteiger partial charge on any atom is -0.481 e. The number of aliphatic carboxylic acids is 1. The zero-order chi connectivity index (χ0) is 10.6. The van der Waals surface area contributed by atoms with Gasteiger partial charge in [-0.15, -0.1) is 6.42 Å². The summed E-state index contributed by atoms with van der Waals surface area (Å²) in [5.74, 6) is 1.17. The van der Waals surface area contributed by atoms with Crippen molar-refractivity contribution in [1.82, 2.24) is 10.2 Å². The van der Waals surface area contributed by atoms with E-state index in [-0.39, 0.29) is 12.3 Å². The minimum atomic E-state index is -0.992. The quantitative estimate of drug-likeness (QED) is 0.562. The van der Waals surface area contributed by atoms with Crippen molar-refractivity contribution in [3.8, 4) is 12.3 Å². The first kappa shape index (κ1) is 10.5. The normalized spacial score (nSPS) is 22.5. The number of rotatable bonds is 3. The largest absolute Gasteiger partial charge is 0.481 e. The van der Waals surface area contributed by atoms with E-state index in [1.807, 2.05) is 0 Å². The number of carbonyl (C=O) groups is 2. The van der Waals surface area contributed by atoms with Gasteiger partial charge in [0.15, 0.2) is 0 Å². The molecule has 1 heterocycles. The molecule has 0 spiro atoms. The van der Waals surface area contributed by atoms with Gasteiger partial charge in [0.2, 0.25) is 5.91 Å². The summed E-state index contributed by atoms with van der Waals surface area (Å²) in [5.41, 5.74) is 0. The summed E-state index contributed by atoms with van der Waals surface area (Å²) in [7, 11) is 0. The van der Waals surface area contributed by atoms with Crippen molar-refractivity contribution in [1.29, 1.82) is 0 Å². The molecular weight excluding hydrogens is 184 g/mol. The van der Waals surface area contributed by atoms with E-state index in [4.69, 9.17) is 11.5 Å². The molecular formula is C9H12N2O3. The summed E-state index contributed by atoms with van der Waals surface area (Å²) < 4.78 is 0. The highest BCUT2D eigenvalue weighted by Gasteiger charge is 2.30. The Hall–Kier alpha value is -1.54. The Morgan fingerprint density at radius 3 is 3.07 bits per heavy atom. The molecule has 1 aliphatic rings. The molecule has 76 valence electrons. The number of hydrogen-bond acceptors (Lipinski definition) is 3. The molecule has 0 aromatic heterocycles. The van der Waals surface area contributed by atoms with Gasteiger partial charge in [-0.2, -0.15) is 0 Å². The van der Waals surface area contributed by atoms with E-state index in [1.54, 1.807) is 4.90 Å². The van der Waals surface area contributed by atoms with Gasteiger partial charge in [-0.25, -0.2) is 0 Å². The first-order valence-electron chi connectivity index (χ1n) is 4.32. The van der Waals surface area contributed by atoms with Crippen LogP contribution in [-0.2, 0) is 9.59 Å². The van der Waals surface area contributed by atoms with Crippen LogP contribution in [0.3, 0.4) is 0 Å². The van der Waals surface area contributed by atoms with Crippen LogP contribution in [-0.4, -0.2) is 47.6 Å². The number of nitrogens with one attached hydrogen (secondary N) is 1. The van der Waals surface area contributed by atoms with Gasteiger partial charge in [-0.1, -0.05) is 5.92 Å². The molecule has 5 heteroatoms. The van der Waals surface area contributed by atoms with Crippen molar-refractivity contribution < 1.29 is 14.7 Å². The molecule has 0 aromatic carbocycles. The van der Waals surface area contributed by atoms with Crippen molar-refractivity contribution in [2.45, 2.75) is 12.5 Å². The number of nitrogens with zero attached hydrogens (tertiary/aromatic N) is 1. The van der Waals surface area contributed by atoms with Crippen molar-refractivity contribution in [3.63, 3.8) is 0 Å². The molecule has 0 bridgehead atoms. The fourth-order valence-electron chi connectivity index (χ4n) is 1.46. The van der Waals surface area contributed by atoms with E-state index in [2.05, 4.69) is 11.2 Å². The second-order valence-electron chi connectivity index (χ2n) is 3.08. The highest BCUT2D eigenvalue weighted by atomic mass is 16.4. The zero-order valence-corrected chi connectivity index (χ0v) is 7.69. The first-order chi connectivity index (χ1) is 6.65. The molecule has 1 unspecified atom stereocenters. The Bertz CT molecular complexity index is 282. The van der Waals surface area contributed by atoms with Crippen LogP contribution in [0.15, 0.2) is 0 Å². The summed E-state index contributed by atoms with van der Waals surface area (Å²) in [6, 6.07) is -0.628. The lowest BCUT2D eigenvalue weighted by molar-refractivity contribution is -0.142. The molecule has 1 rings (SSSR count). The number of terminal acetylenes is 1. The van der Waals surface area contributed by atoms with E-state index >= 15 is 0 Å². The zero-order valence-electron chi connectivity index (χ0n) is 7.69. The summed E-state index contributed by atoms with van der Waals surface area (Å²) in [6.07, 6.45) is 4.93. The van der Waals surface area contributed by atoms with Crippen LogP contribution in [0.5, 0.6) is 0 Å². The number of carboxylic acids is 1. The molecule has 14 heavy (non-hydrogen) atoms. The number of carbonyl (C=O) groups excluding carboxylic acids is 1. The highest BCUT2D eigenvalue weighted by Crippen LogP contribution is 2.07. The third kappa shape index (κ3) is 2.47. The Kier molecular flexibility index (Phi) is 3.48. The van der Waals surface area contributed by atoms with E-state index in [9.17, 15) is 9.59 Å². The standard InChI is InChI=1S/C9H12N2O3/c1-2-4-11-5-3-10-9(14)7(11)6-8(12)13/h1,7H,3-6H2,(H,10,14)(H,12,13). The van der Waals surface area contributed by atoms with Crippen LogP contribution in [0.1, 0.15) is 6.42 Å². The molecule has 0 radical (unpaired) electrons. The number of hydrogen-bond donors (Lipinski definition) is 2. The number of piperazine rings is 1. The van der Waals surface area contributed by atoms with Crippen molar-refractivity contribution in [2.24, 2.45) is 0 Å². The van der Waals surface area contributed by atoms with Crippen molar-refractivity contribution >= 4 is 11.9 Å². The van der Waals surface area contributed by atoms with Gasteiger partial charge >= 0.3 is 5.97 Å². The molecule has 0 aliphatic carbocycles. The van der Waals surface area contributed by atoms with Gasteiger partial charge < -0.3 is 10.4 Å². The highest BCUT2D eigenvalue weighted by molar-refractivity contribution is 5.86. The third-order valence-corrected chi connectivity index (χ3v) is 2.10. The molecule has 1 saturated heterocycles. The smallest absolute Gasteiger partial charge is 0.305 e. The van der Waals surface area contributed by atoms with E-state index in [1.165, 1.54) is 0 Å². The predicted octanol–water partition coefficient (Wildman–Crippen LogP) is -1.11. The molecule has 1 atom stereocenters. The average molecular weight is 196 g/mol. The average Bonchev–Trinajstić information content (AvgIpc) is 2.11. The SMILES string of the molecule is C#CCN1CCNC(=O)C1CC(=O)O. The molecule has 1 fully saturated rings. The molecule has 0 saturated carbocycles. The van der Waals surface area contributed by atoms with Gasteiger partial charge in [0.1, 0.15) is 6.04 Å². The molecule has 5 nitrogen and oxygen atoms in total. The maximum absolute atomic E-state index is 11.3. The second-order valence-corrected chi connectivity index (χ2v) is 3.08. The Balaban J connectivity index is 2.66. The molecule has 0 aromatic rings. The van der Waals surface area contributed by atoms with Gasteiger partial charge in [0, 0.05) is 13.1 Å². The fraction of sp³-hybridized carbons (Fsp3) is 0.556. The summed E-state index contributed by atoms with van der Waals surface area (Å²) >= 11 is 0. The van der Waals surface area contributed by atoms with Gasteiger partial charge in [-0.05, 0) is 0 Å². The number of amides is 1. The molecule has 2 N–H and O–H groups in total. The Morgan fingerprint density at radius 1 is 1.79 bits per heavy atom. The lowest BCUT2D eigenvalue weighted by Gasteiger charge is -2.32. The topological polar surface area (TPSA) is 69.6 Å². The molecule has 1 amide bonds. The van der Waals surface area contributed by atoms with E-state index in [0.29, 0.717) is 19.6 Å². The summed E-state index contributed by atoms with van der Waals surface area (Å²) in [4.78, 5) is 23.5. The second kappa shape index (κ2) is 4.63. The van der Waals surface area contributed by atoms with Gasteiger partial charge in [-0.3, -0.25) is 14.5 Å². The monoisotopic (exact) mass is 196 g/mol. The van der Waals surface area contributed by atoms with E-state index in [0.717, 1.165) is 0 Å². The Labute approximate surface area is 82.1 Å². The van der Waals surface area contributed by atoms with Crippen LogP contribution in [0.25, 0.3) is 0 Å². The summed E-state index contributed by atoms with van der Waals surface area (Å²) in [6.45, 7) is 1.44. The maximum Gasteiger partial charge on any atom is 0.305 e. The van der Waals surface area contributed by atoms with Crippen molar-refractivity contribution in [2.75, 3.05) is 19.6 Å². The third-order valence-electron chi connectivity index (χ3n) is 2.10. The fourth-order valence-corrected chi connectivity index (χ4v) is 1.46. The van der Waals surface area contributed by atoms with Crippen LogP contribution in [0.2, 0.25) is 0 Å². The van der Waals surface area contributed by atoms with Crippen LogP contribution in [0.4, 0.5) is 0 Å². The van der Waals surface area contributed by atoms with Crippen molar-refractivity contribution in [3.05, 3.63) is 0 Å². The van der Waals surface area contributed by atoms with Crippen LogP contribution in [0, 0.1) is 12.3 Å². The Morgan fingerprint density at radius 2 is 2.50 bits per heavy atom. The lowest BCUT2D eigenvalue weighted by atomic mass is 10.1. The molecule has 1 aliphatic heterocycles. The van der Waals surface area contributed by atoms with Gasteiger partial charge in [0.25, 0.3) is 0 Å². The lowest BCUT2D eigenvalue weighted by Crippen LogP contribution is -2.55. The summed E-state index contributed by atoms with van der Waals surface area (Å²) in [5, 5.41) is 11.2. The minimum absolute atomic E-state index is 0.201. The van der Waals surface area contributed by atoms with E-state index < -0.39 is 12.0 Å². The van der Waals surface area contributed by atoms with Crippen LogP contribution < -0.4 is 5.32 Å².